The second-order valence-electron chi connectivity index (χ2n) is 6.23. The predicted octanol–water partition coefficient (Wildman–Crippen LogP) is 2.09. The van der Waals surface area contributed by atoms with Gasteiger partial charge in [0.05, 0.1) is 5.69 Å². The molecule has 2 aromatic carbocycles. The third-order valence-electron chi connectivity index (χ3n) is 4.20. The van der Waals surface area contributed by atoms with Crippen LogP contribution in [0.15, 0.2) is 59.7 Å². The molecule has 0 saturated heterocycles. The van der Waals surface area contributed by atoms with Crippen LogP contribution in [0.2, 0.25) is 5.02 Å². The molecule has 8 nitrogen and oxygen atoms in total. The van der Waals surface area contributed by atoms with Crippen molar-refractivity contribution in [2.24, 2.45) is 0 Å². The van der Waals surface area contributed by atoms with Crippen molar-refractivity contribution >= 4 is 28.7 Å². The molecule has 0 aliphatic carbocycles. The first-order valence-electron chi connectivity index (χ1n) is 8.59. The molecule has 0 aliphatic heterocycles. The Labute approximate surface area is 168 Å². The number of carbonyl (C=O) groups is 1. The lowest BCUT2D eigenvalue weighted by Crippen LogP contribution is -2.32. The van der Waals surface area contributed by atoms with E-state index in [1.807, 2.05) is 0 Å². The van der Waals surface area contributed by atoms with Crippen LogP contribution in [0.5, 0.6) is 0 Å². The number of amides is 1. The molecule has 0 bridgehead atoms. The summed E-state index contributed by atoms with van der Waals surface area (Å²) in [6, 6.07) is 12.7. The summed E-state index contributed by atoms with van der Waals surface area (Å²) in [7, 11) is 0. The van der Waals surface area contributed by atoms with E-state index < -0.39 is 5.56 Å². The van der Waals surface area contributed by atoms with Crippen molar-refractivity contribution in [1.82, 2.24) is 29.9 Å². The Morgan fingerprint density at radius 3 is 2.72 bits per heavy atom. The maximum atomic E-state index is 12.9. The molecule has 4 aromatic rings. The normalized spacial score (nSPS) is 11.0. The molecule has 0 atom stereocenters. The molecule has 0 saturated carbocycles. The Kier molecular flexibility index (Phi) is 5.05. The number of fused-ring (bicyclic) bond motifs is 1. The molecule has 2 aromatic heterocycles. The molecular formula is C19H14ClFN6O2. The number of hydrogen-bond acceptors (Lipinski definition) is 5. The highest BCUT2D eigenvalue weighted by Crippen LogP contribution is 2.16. The predicted molar refractivity (Wildman–Crippen MR) is 104 cm³/mol. The van der Waals surface area contributed by atoms with Gasteiger partial charge in [-0.25, -0.2) is 9.37 Å². The van der Waals surface area contributed by atoms with E-state index in [1.165, 1.54) is 23.1 Å². The van der Waals surface area contributed by atoms with Gasteiger partial charge in [-0.05, 0) is 35.9 Å². The first-order valence-corrected chi connectivity index (χ1v) is 8.97. The number of hydrogen-bond donors (Lipinski definition) is 1. The number of halogens is 2. The summed E-state index contributed by atoms with van der Waals surface area (Å²) < 4.78 is 15.5. The van der Waals surface area contributed by atoms with Crippen LogP contribution in [0.1, 0.15) is 5.56 Å². The summed E-state index contributed by atoms with van der Waals surface area (Å²) >= 11 is 6.00. The number of rotatable bonds is 5. The summed E-state index contributed by atoms with van der Waals surface area (Å²) in [5.41, 5.74) is 1.17. The maximum Gasteiger partial charge on any atom is 0.284 e. The molecule has 29 heavy (non-hydrogen) atoms. The van der Waals surface area contributed by atoms with Crippen LogP contribution in [0.3, 0.4) is 0 Å². The van der Waals surface area contributed by atoms with Gasteiger partial charge in [0, 0.05) is 11.6 Å². The Hall–Kier alpha value is -3.59. The number of nitrogens with zero attached hydrogens (tertiary/aromatic N) is 5. The van der Waals surface area contributed by atoms with Crippen molar-refractivity contribution in [3.8, 4) is 5.69 Å². The minimum absolute atomic E-state index is 0.0406. The van der Waals surface area contributed by atoms with Gasteiger partial charge in [0.2, 0.25) is 5.91 Å². The van der Waals surface area contributed by atoms with E-state index in [9.17, 15) is 14.0 Å². The number of benzene rings is 2. The topological polar surface area (TPSA) is 94.7 Å². The SMILES string of the molecule is O=C(Cn1cnc2c(nnn2-c2cccc(Cl)c2)c1=O)NCc1ccc(F)cc1. The van der Waals surface area contributed by atoms with Crippen LogP contribution in [0, 0.1) is 5.82 Å². The van der Waals surface area contributed by atoms with Crippen molar-refractivity contribution in [2.75, 3.05) is 0 Å². The van der Waals surface area contributed by atoms with Crippen molar-refractivity contribution in [2.45, 2.75) is 13.1 Å². The average molecular weight is 413 g/mol. The summed E-state index contributed by atoms with van der Waals surface area (Å²) in [5.74, 6) is -0.739. The van der Waals surface area contributed by atoms with Crippen LogP contribution in [0.4, 0.5) is 4.39 Å². The molecule has 0 unspecified atom stereocenters. The zero-order chi connectivity index (χ0) is 20.4. The second-order valence-corrected chi connectivity index (χ2v) is 6.67. The van der Waals surface area contributed by atoms with Crippen molar-refractivity contribution in [3.63, 3.8) is 0 Å². The molecule has 0 aliphatic rings. The molecule has 1 N–H and O–H groups in total. The van der Waals surface area contributed by atoms with Gasteiger partial charge >= 0.3 is 0 Å². The molecule has 0 radical (unpaired) electrons. The summed E-state index contributed by atoms with van der Waals surface area (Å²) in [6.07, 6.45) is 1.27. The van der Waals surface area contributed by atoms with Crippen LogP contribution >= 0.6 is 11.6 Å². The fourth-order valence-electron chi connectivity index (χ4n) is 2.75. The molecule has 4 rings (SSSR count). The van der Waals surface area contributed by atoms with Gasteiger partial charge < -0.3 is 5.32 Å². The fourth-order valence-corrected chi connectivity index (χ4v) is 2.94. The molecular weight excluding hydrogens is 399 g/mol. The first-order chi connectivity index (χ1) is 14.0. The van der Waals surface area contributed by atoms with Gasteiger partial charge in [0.1, 0.15) is 18.7 Å². The number of carbonyl (C=O) groups excluding carboxylic acids is 1. The Morgan fingerprint density at radius 2 is 1.97 bits per heavy atom. The third kappa shape index (κ3) is 3.99. The van der Waals surface area contributed by atoms with Gasteiger partial charge in [0.25, 0.3) is 5.56 Å². The average Bonchev–Trinajstić information content (AvgIpc) is 3.15. The molecule has 10 heteroatoms. The standard InChI is InChI=1S/C19H14ClFN6O2/c20-13-2-1-3-15(8-13)27-18-17(24-25-27)19(29)26(11-23-18)10-16(28)22-9-12-4-6-14(21)7-5-12/h1-8,11H,9-10H2,(H,22,28). The van der Waals surface area contributed by atoms with E-state index in [0.29, 0.717) is 10.7 Å². The minimum atomic E-state index is -0.486. The molecule has 0 fully saturated rings. The van der Waals surface area contributed by atoms with Gasteiger partial charge in [-0.1, -0.05) is 35.0 Å². The van der Waals surface area contributed by atoms with E-state index in [2.05, 4.69) is 20.6 Å². The van der Waals surface area contributed by atoms with Gasteiger partial charge in [-0.3, -0.25) is 14.2 Å². The van der Waals surface area contributed by atoms with E-state index >= 15 is 0 Å². The Balaban J connectivity index is 1.53. The Bertz CT molecular complexity index is 1250. The van der Waals surface area contributed by atoms with Crippen LogP contribution < -0.4 is 10.9 Å². The van der Waals surface area contributed by atoms with E-state index in [1.54, 1.807) is 36.4 Å². The lowest BCUT2D eigenvalue weighted by molar-refractivity contribution is -0.121. The summed E-state index contributed by atoms with van der Waals surface area (Å²) in [5, 5.41) is 11.1. The first kappa shape index (κ1) is 18.8. The van der Waals surface area contributed by atoms with E-state index in [-0.39, 0.29) is 36.0 Å². The van der Waals surface area contributed by atoms with Crippen LogP contribution in [0.25, 0.3) is 16.9 Å². The highest BCUT2D eigenvalue weighted by Gasteiger charge is 2.15. The number of aromatic nitrogens is 5. The van der Waals surface area contributed by atoms with Crippen molar-refractivity contribution in [3.05, 3.63) is 81.6 Å². The van der Waals surface area contributed by atoms with Crippen LogP contribution in [-0.2, 0) is 17.9 Å². The van der Waals surface area contributed by atoms with Gasteiger partial charge in [0.15, 0.2) is 11.2 Å². The maximum absolute atomic E-state index is 12.9. The van der Waals surface area contributed by atoms with Crippen LogP contribution in [-0.4, -0.2) is 30.5 Å². The lowest BCUT2D eigenvalue weighted by Gasteiger charge is -2.07. The van der Waals surface area contributed by atoms with Crippen molar-refractivity contribution in [1.29, 1.82) is 0 Å². The molecule has 0 spiro atoms. The highest BCUT2D eigenvalue weighted by atomic mass is 35.5. The van der Waals surface area contributed by atoms with Gasteiger partial charge in [-0.15, -0.1) is 5.10 Å². The van der Waals surface area contributed by atoms with Crippen molar-refractivity contribution < 1.29 is 9.18 Å². The Morgan fingerprint density at radius 1 is 1.17 bits per heavy atom. The quantitative estimate of drug-likeness (QED) is 0.541. The van der Waals surface area contributed by atoms with E-state index in [4.69, 9.17) is 11.6 Å². The molecule has 2 heterocycles. The smallest absolute Gasteiger partial charge is 0.284 e. The monoisotopic (exact) mass is 412 g/mol. The van der Waals surface area contributed by atoms with E-state index in [0.717, 1.165) is 10.1 Å². The lowest BCUT2D eigenvalue weighted by atomic mass is 10.2. The number of nitrogens with one attached hydrogen (secondary N) is 1. The highest BCUT2D eigenvalue weighted by molar-refractivity contribution is 6.30. The third-order valence-corrected chi connectivity index (χ3v) is 4.43. The zero-order valence-corrected chi connectivity index (χ0v) is 15.7. The molecule has 146 valence electrons. The summed E-state index contributed by atoms with van der Waals surface area (Å²) in [4.78, 5) is 29.0. The minimum Gasteiger partial charge on any atom is -0.350 e. The fraction of sp³-hybridized carbons (Fsp3) is 0.105. The zero-order valence-electron chi connectivity index (χ0n) is 14.9. The summed E-state index contributed by atoms with van der Waals surface area (Å²) in [6.45, 7) is -0.0124. The largest absolute Gasteiger partial charge is 0.350 e. The second kappa shape index (κ2) is 7.80. The molecule has 1 amide bonds. The van der Waals surface area contributed by atoms with Gasteiger partial charge in [-0.2, -0.15) is 4.68 Å².